The standard InChI is InChI=1S/C26H27FN4OS/c1-26(2,24(32)30-25-28-13-14-33-25)23(17-5-3-4-6-17)18-7-12-22-19(15-18)16-29-31(22)21-10-8-20(27)9-11-21/h7-17,23H,3-6H2,1-2H3,(H,28,30,32). The van der Waals surface area contributed by atoms with Crippen LogP contribution in [0.4, 0.5) is 9.52 Å². The van der Waals surface area contributed by atoms with E-state index in [2.05, 4.69) is 33.6 Å². The molecule has 2 heterocycles. The number of aromatic nitrogens is 3. The molecule has 7 heteroatoms. The van der Waals surface area contributed by atoms with Gasteiger partial charge in [0.1, 0.15) is 5.82 Å². The number of nitrogens with one attached hydrogen (secondary N) is 1. The van der Waals surface area contributed by atoms with Crippen LogP contribution in [0.5, 0.6) is 0 Å². The first-order valence-corrected chi connectivity index (χ1v) is 12.3. The molecule has 0 aliphatic heterocycles. The SMILES string of the molecule is CC(C)(C(=O)Nc1nccs1)C(c1ccc2c(cnn2-c2ccc(F)cc2)c1)C1CCCC1. The van der Waals surface area contributed by atoms with Crippen molar-refractivity contribution in [3.8, 4) is 5.69 Å². The average Bonchev–Trinajstić information content (AvgIpc) is 3.56. The molecule has 4 aromatic rings. The van der Waals surface area contributed by atoms with Crippen molar-refractivity contribution in [3.05, 3.63) is 71.6 Å². The Morgan fingerprint density at radius 2 is 1.94 bits per heavy atom. The molecule has 0 bridgehead atoms. The maximum Gasteiger partial charge on any atom is 0.232 e. The Hall–Kier alpha value is -3.06. The van der Waals surface area contributed by atoms with Crippen molar-refractivity contribution in [1.82, 2.24) is 14.8 Å². The van der Waals surface area contributed by atoms with E-state index in [-0.39, 0.29) is 17.6 Å². The van der Waals surface area contributed by atoms with E-state index in [0.29, 0.717) is 11.0 Å². The lowest BCUT2D eigenvalue weighted by Gasteiger charge is -2.37. The maximum atomic E-state index is 13.4. The molecule has 1 atom stereocenters. The van der Waals surface area contributed by atoms with Crippen LogP contribution < -0.4 is 5.32 Å². The zero-order valence-electron chi connectivity index (χ0n) is 18.8. The first-order valence-electron chi connectivity index (χ1n) is 11.4. The van der Waals surface area contributed by atoms with Crippen molar-refractivity contribution in [1.29, 1.82) is 0 Å². The van der Waals surface area contributed by atoms with Crippen LogP contribution in [0.25, 0.3) is 16.6 Å². The molecule has 1 aliphatic rings. The Morgan fingerprint density at radius 1 is 1.18 bits per heavy atom. The van der Waals surface area contributed by atoms with Gasteiger partial charge in [-0.2, -0.15) is 5.10 Å². The zero-order chi connectivity index (χ0) is 23.0. The minimum Gasteiger partial charge on any atom is -0.301 e. The lowest BCUT2D eigenvalue weighted by atomic mass is 9.67. The van der Waals surface area contributed by atoms with E-state index in [9.17, 15) is 9.18 Å². The molecule has 0 spiro atoms. The van der Waals surface area contributed by atoms with E-state index in [1.54, 1.807) is 18.3 Å². The van der Waals surface area contributed by atoms with Gasteiger partial charge in [-0.25, -0.2) is 14.1 Å². The molecule has 1 fully saturated rings. The van der Waals surface area contributed by atoms with Gasteiger partial charge in [-0.15, -0.1) is 11.3 Å². The van der Waals surface area contributed by atoms with Crippen LogP contribution in [-0.4, -0.2) is 20.7 Å². The fourth-order valence-corrected chi connectivity index (χ4v) is 5.81. The number of rotatable bonds is 6. The van der Waals surface area contributed by atoms with Crippen LogP contribution in [0, 0.1) is 17.2 Å². The molecule has 0 radical (unpaired) electrons. The van der Waals surface area contributed by atoms with E-state index in [4.69, 9.17) is 0 Å². The highest BCUT2D eigenvalue weighted by Crippen LogP contribution is 2.48. The third-order valence-electron chi connectivity index (χ3n) is 6.91. The lowest BCUT2D eigenvalue weighted by molar-refractivity contribution is -0.125. The molecule has 0 saturated heterocycles. The van der Waals surface area contributed by atoms with Gasteiger partial charge in [0.25, 0.3) is 0 Å². The number of fused-ring (bicyclic) bond motifs is 1. The van der Waals surface area contributed by atoms with Crippen LogP contribution in [-0.2, 0) is 4.79 Å². The van der Waals surface area contributed by atoms with Gasteiger partial charge in [0.15, 0.2) is 5.13 Å². The number of carbonyl (C=O) groups is 1. The van der Waals surface area contributed by atoms with Gasteiger partial charge in [0.05, 0.1) is 22.8 Å². The highest BCUT2D eigenvalue weighted by atomic mass is 32.1. The molecule has 1 amide bonds. The molecule has 2 aromatic carbocycles. The predicted molar refractivity (Wildman–Crippen MR) is 130 cm³/mol. The summed E-state index contributed by atoms with van der Waals surface area (Å²) in [5.74, 6) is 0.261. The van der Waals surface area contributed by atoms with Gasteiger partial charge in [0.2, 0.25) is 5.91 Å². The molecule has 33 heavy (non-hydrogen) atoms. The summed E-state index contributed by atoms with van der Waals surface area (Å²) in [4.78, 5) is 17.6. The number of nitrogens with zero attached hydrogens (tertiary/aromatic N) is 3. The van der Waals surface area contributed by atoms with Crippen LogP contribution in [0.3, 0.4) is 0 Å². The number of hydrogen-bond donors (Lipinski definition) is 1. The fraction of sp³-hybridized carbons (Fsp3) is 0.346. The number of hydrogen-bond acceptors (Lipinski definition) is 4. The Bertz CT molecular complexity index is 1260. The van der Waals surface area contributed by atoms with Crippen molar-refractivity contribution in [2.24, 2.45) is 11.3 Å². The van der Waals surface area contributed by atoms with E-state index in [1.165, 1.54) is 36.3 Å². The number of benzene rings is 2. The van der Waals surface area contributed by atoms with E-state index < -0.39 is 5.41 Å². The minimum atomic E-state index is -0.610. The molecule has 170 valence electrons. The highest BCUT2D eigenvalue weighted by molar-refractivity contribution is 7.13. The first kappa shape index (κ1) is 21.8. The summed E-state index contributed by atoms with van der Waals surface area (Å²) < 4.78 is 15.2. The number of thiazole rings is 1. The second-order valence-electron chi connectivity index (χ2n) is 9.39. The Labute approximate surface area is 196 Å². The predicted octanol–water partition coefficient (Wildman–Crippen LogP) is 6.56. The second kappa shape index (κ2) is 8.71. The number of anilines is 1. The Balaban J connectivity index is 1.51. The molecule has 1 N–H and O–H groups in total. The van der Waals surface area contributed by atoms with Gasteiger partial charge >= 0.3 is 0 Å². The monoisotopic (exact) mass is 462 g/mol. The van der Waals surface area contributed by atoms with Crippen LogP contribution in [0.1, 0.15) is 51.0 Å². The molecular weight excluding hydrogens is 435 g/mol. The molecule has 1 saturated carbocycles. The molecule has 2 aromatic heterocycles. The highest BCUT2D eigenvalue weighted by Gasteiger charge is 2.43. The Kier molecular flexibility index (Phi) is 5.74. The third kappa shape index (κ3) is 4.17. The lowest BCUT2D eigenvalue weighted by Crippen LogP contribution is -2.39. The van der Waals surface area contributed by atoms with Gasteiger partial charge < -0.3 is 5.32 Å². The average molecular weight is 463 g/mol. The van der Waals surface area contributed by atoms with Gasteiger partial charge in [-0.05, 0) is 60.7 Å². The van der Waals surface area contributed by atoms with Crippen molar-refractivity contribution < 1.29 is 9.18 Å². The number of carbonyl (C=O) groups excluding carboxylic acids is 1. The molecule has 5 nitrogen and oxygen atoms in total. The van der Waals surface area contributed by atoms with Crippen molar-refractivity contribution in [3.63, 3.8) is 0 Å². The summed E-state index contributed by atoms with van der Waals surface area (Å²) in [5.41, 5.74) is 2.32. The molecule has 1 unspecified atom stereocenters. The Morgan fingerprint density at radius 3 is 2.64 bits per heavy atom. The van der Waals surface area contributed by atoms with Crippen LogP contribution in [0.15, 0.2) is 60.2 Å². The summed E-state index contributed by atoms with van der Waals surface area (Å²) in [7, 11) is 0. The van der Waals surface area contributed by atoms with Crippen molar-refractivity contribution in [2.75, 3.05) is 5.32 Å². The summed E-state index contributed by atoms with van der Waals surface area (Å²) in [6.07, 6.45) is 8.22. The summed E-state index contributed by atoms with van der Waals surface area (Å²) in [6, 6.07) is 12.7. The van der Waals surface area contributed by atoms with Crippen molar-refractivity contribution in [2.45, 2.75) is 45.4 Å². The third-order valence-corrected chi connectivity index (χ3v) is 7.60. The maximum absolute atomic E-state index is 13.4. The van der Waals surface area contributed by atoms with E-state index >= 15 is 0 Å². The van der Waals surface area contributed by atoms with Gasteiger partial charge in [-0.1, -0.05) is 32.8 Å². The summed E-state index contributed by atoms with van der Waals surface area (Å²) >= 11 is 1.43. The zero-order valence-corrected chi connectivity index (χ0v) is 19.6. The quantitative estimate of drug-likeness (QED) is 0.353. The topological polar surface area (TPSA) is 59.8 Å². The molecule has 1 aliphatic carbocycles. The second-order valence-corrected chi connectivity index (χ2v) is 10.3. The van der Waals surface area contributed by atoms with Crippen molar-refractivity contribution >= 4 is 33.3 Å². The normalized spacial score (nSPS) is 15.7. The minimum absolute atomic E-state index is 0.00328. The number of amides is 1. The van der Waals surface area contributed by atoms with Crippen LogP contribution >= 0.6 is 11.3 Å². The number of halogens is 1. The van der Waals surface area contributed by atoms with E-state index in [1.807, 2.05) is 30.1 Å². The van der Waals surface area contributed by atoms with Gasteiger partial charge in [-0.3, -0.25) is 4.79 Å². The van der Waals surface area contributed by atoms with Gasteiger partial charge in [0, 0.05) is 22.9 Å². The fourth-order valence-electron chi connectivity index (χ4n) is 5.29. The largest absolute Gasteiger partial charge is 0.301 e. The first-order chi connectivity index (χ1) is 15.9. The molecular formula is C26H27FN4OS. The van der Waals surface area contributed by atoms with E-state index in [0.717, 1.165) is 35.0 Å². The molecule has 5 rings (SSSR count). The van der Waals surface area contributed by atoms with Crippen LogP contribution in [0.2, 0.25) is 0 Å². The smallest absolute Gasteiger partial charge is 0.232 e. The summed E-state index contributed by atoms with van der Waals surface area (Å²) in [6.45, 7) is 4.09. The summed E-state index contributed by atoms with van der Waals surface area (Å²) in [5, 5.41) is 11.1.